The van der Waals surface area contributed by atoms with Gasteiger partial charge in [0.1, 0.15) is 18.9 Å². The van der Waals surface area contributed by atoms with Gasteiger partial charge >= 0.3 is 0 Å². The monoisotopic (exact) mass is 515 g/mol. The third kappa shape index (κ3) is 6.15. The van der Waals surface area contributed by atoms with Crippen LogP contribution in [0.4, 0.5) is 0 Å². The van der Waals surface area contributed by atoms with Crippen LogP contribution in [0.25, 0.3) is 5.57 Å². The lowest BCUT2D eigenvalue weighted by Crippen LogP contribution is -2.10. The van der Waals surface area contributed by atoms with E-state index in [1.807, 2.05) is 32.1 Å². The number of benzene rings is 2. The van der Waals surface area contributed by atoms with Gasteiger partial charge in [-0.15, -0.1) is 0 Å². The predicted octanol–water partition coefficient (Wildman–Crippen LogP) is 4.84. The Labute approximate surface area is 205 Å². The number of hydrogen-bond acceptors (Lipinski definition) is 8. The predicted molar refractivity (Wildman–Crippen MR) is 129 cm³/mol. The Hall–Kier alpha value is -3.05. The third-order valence-electron chi connectivity index (χ3n) is 5.34. The van der Waals surface area contributed by atoms with Gasteiger partial charge in [0.15, 0.2) is 5.76 Å². The van der Waals surface area contributed by atoms with Crippen LogP contribution in [0, 0.1) is 13.8 Å². The zero-order chi connectivity index (χ0) is 25.1. The molecule has 1 heterocycles. The Kier molecular flexibility index (Phi) is 7.36. The normalized spacial score (nSPS) is 14.2. The summed E-state index contributed by atoms with van der Waals surface area (Å²) in [6, 6.07) is 12.5. The highest BCUT2D eigenvalue weighted by Crippen LogP contribution is 2.26. The van der Waals surface area contributed by atoms with Crippen LogP contribution in [0.5, 0.6) is 0 Å². The van der Waals surface area contributed by atoms with E-state index in [1.165, 1.54) is 24.3 Å². The van der Waals surface area contributed by atoms with Crippen molar-refractivity contribution in [2.24, 2.45) is 0 Å². The summed E-state index contributed by atoms with van der Waals surface area (Å²) in [5.41, 5.74) is 2.67. The van der Waals surface area contributed by atoms with E-state index in [9.17, 15) is 16.8 Å². The summed E-state index contributed by atoms with van der Waals surface area (Å²) in [6.07, 6.45) is 7.44. The van der Waals surface area contributed by atoms with Gasteiger partial charge in [0.2, 0.25) is 5.89 Å². The molecule has 0 N–H and O–H groups in total. The van der Waals surface area contributed by atoms with Gasteiger partial charge in [0, 0.05) is 5.57 Å². The first-order valence-electron chi connectivity index (χ1n) is 10.9. The molecule has 3 aromatic rings. The summed E-state index contributed by atoms with van der Waals surface area (Å²) < 4.78 is 66.8. The molecule has 1 aliphatic rings. The Bertz CT molecular complexity index is 1370. The van der Waals surface area contributed by atoms with E-state index < -0.39 is 33.5 Å². The molecule has 0 saturated carbocycles. The highest BCUT2D eigenvalue weighted by molar-refractivity contribution is 7.87. The smallest absolute Gasteiger partial charge is 0.297 e. The summed E-state index contributed by atoms with van der Waals surface area (Å²) in [6.45, 7) is 2.78. The van der Waals surface area contributed by atoms with Crippen LogP contribution in [0.15, 0.2) is 81.0 Å². The molecular weight excluding hydrogens is 490 g/mol. The van der Waals surface area contributed by atoms with Gasteiger partial charge in [-0.05, 0) is 51.0 Å². The van der Waals surface area contributed by atoms with Gasteiger partial charge < -0.3 is 4.42 Å². The number of rotatable bonds is 9. The van der Waals surface area contributed by atoms with Crippen molar-refractivity contribution in [2.75, 3.05) is 0 Å². The maximum Gasteiger partial charge on any atom is 0.297 e. The fourth-order valence-corrected chi connectivity index (χ4v) is 5.05. The SMILES string of the molecule is Cc1ccc(S(=O)(=O)OCc2nc(C3=CCCC=C3)oc2COS(=O)(=O)c2ccc(C)cc2)cc1. The van der Waals surface area contributed by atoms with E-state index in [0.717, 1.165) is 24.0 Å². The van der Waals surface area contributed by atoms with Gasteiger partial charge in [0.25, 0.3) is 20.2 Å². The van der Waals surface area contributed by atoms with E-state index in [0.29, 0.717) is 5.57 Å². The Morgan fingerprint density at radius 2 is 1.34 bits per heavy atom. The molecule has 184 valence electrons. The summed E-state index contributed by atoms with van der Waals surface area (Å²) in [4.78, 5) is 4.38. The van der Waals surface area contributed by atoms with Crippen molar-refractivity contribution in [3.8, 4) is 0 Å². The molecule has 0 radical (unpaired) electrons. The second-order valence-electron chi connectivity index (χ2n) is 8.09. The zero-order valence-electron chi connectivity index (χ0n) is 19.3. The number of aromatic nitrogens is 1. The van der Waals surface area contributed by atoms with E-state index >= 15 is 0 Å². The van der Waals surface area contributed by atoms with Gasteiger partial charge in [-0.1, -0.05) is 53.6 Å². The first kappa shape index (κ1) is 25.1. The second-order valence-corrected chi connectivity index (χ2v) is 11.3. The molecule has 0 fully saturated rings. The van der Waals surface area contributed by atoms with Gasteiger partial charge in [-0.25, -0.2) is 4.98 Å². The van der Waals surface area contributed by atoms with Crippen molar-refractivity contribution in [1.29, 1.82) is 0 Å². The maximum atomic E-state index is 12.6. The van der Waals surface area contributed by atoms with Crippen molar-refractivity contribution >= 4 is 25.8 Å². The molecule has 1 aliphatic carbocycles. The topological polar surface area (TPSA) is 113 Å². The van der Waals surface area contributed by atoms with Crippen molar-refractivity contribution in [1.82, 2.24) is 4.98 Å². The minimum Gasteiger partial charge on any atom is -0.438 e. The first-order chi connectivity index (χ1) is 16.6. The van der Waals surface area contributed by atoms with Gasteiger partial charge in [-0.2, -0.15) is 16.8 Å². The highest BCUT2D eigenvalue weighted by atomic mass is 32.2. The number of oxazole rings is 1. The lowest BCUT2D eigenvalue weighted by Gasteiger charge is -2.07. The lowest BCUT2D eigenvalue weighted by atomic mass is 10.1. The molecule has 0 saturated heterocycles. The summed E-state index contributed by atoms with van der Waals surface area (Å²) in [5, 5.41) is 0. The van der Waals surface area contributed by atoms with Crippen LogP contribution in [0.3, 0.4) is 0 Å². The molecule has 1 aromatic heterocycles. The van der Waals surface area contributed by atoms with Crippen LogP contribution in [-0.4, -0.2) is 21.8 Å². The Morgan fingerprint density at radius 1 is 0.800 bits per heavy atom. The number of hydrogen-bond donors (Lipinski definition) is 0. The van der Waals surface area contributed by atoms with E-state index in [4.69, 9.17) is 12.8 Å². The van der Waals surface area contributed by atoms with Crippen LogP contribution < -0.4 is 0 Å². The lowest BCUT2D eigenvalue weighted by molar-refractivity contribution is 0.260. The summed E-state index contributed by atoms with van der Waals surface area (Å²) in [5.74, 6) is 0.299. The fraction of sp³-hybridized carbons (Fsp3) is 0.240. The number of allylic oxidation sites excluding steroid dienone is 4. The molecule has 0 bridgehead atoms. The Morgan fingerprint density at radius 3 is 1.86 bits per heavy atom. The van der Waals surface area contributed by atoms with Crippen molar-refractivity contribution in [3.63, 3.8) is 0 Å². The standard InChI is InChI=1S/C25H25NO7S2/c1-18-8-12-21(13-9-18)34(27,28)31-16-23-24(33-25(26-23)20-6-4-3-5-7-20)17-32-35(29,30)22-14-10-19(2)11-15-22/h4,6-15H,3,5,16-17H2,1-2H3. The van der Waals surface area contributed by atoms with E-state index in [1.54, 1.807) is 24.3 Å². The fourth-order valence-electron chi connectivity index (χ4n) is 3.31. The molecule has 2 aromatic carbocycles. The first-order valence-corrected chi connectivity index (χ1v) is 13.7. The molecule has 0 unspecified atom stereocenters. The molecule has 0 amide bonds. The quantitative estimate of drug-likeness (QED) is 0.372. The average Bonchev–Trinajstić information content (AvgIpc) is 3.26. The third-order valence-corrected chi connectivity index (χ3v) is 7.89. The summed E-state index contributed by atoms with van der Waals surface area (Å²) >= 11 is 0. The summed E-state index contributed by atoms with van der Waals surface area (Å²) in [7, 11) is -8.14. The zero-order valence-corrected chi connectivity index (χ0v) is 20.9. The van der Waals surface area contributed by atoms with Crippen molar-refractivity contribution < 1.29 is 29.6 Å². The van der Waals surface area contributed by atoms with Crippen molar-refractivity contribution in [3.05, 3.63) is 95.2 Å². The minimum atomic E-state index is -4.07. The van der Waals surface area contributed by atoms with Crippen LogP contribution in [0.2, 0.25) is 0 Å². The molecule has 10 heteroatoms. The van der Waals surface area contributed by atoms with E-state index in [2.05, 4.69) is 4.98 Å². The van der Waals surface area contributed by atoms with Crippen LogP contribution >= 0.6 is 0 Å². The van der Waals surface area contributed by atoms with E-state index in [-0.39, 0.29) is 27.1 Å². The molecule has 0 spiro atoms. The minimum absolute atomic E-state index is 0.000472. The Balaban J connectivity index is 1.57. The molecule has 8 nitrogen and oxygen atoms in total. The van der Waals surface area contributed by atoms with Crippen LogP contribution in [0.1, 0.15) is 41.3 Å². The number of aryl methyl sites for hydroxylation is 2. The highest BCUT2D eigenvalue weighted by Gasteiger charge is 2.23. The number of nitrogens with zero attached hydrogens (tertiary/aromatic N) is 1. The largest absolute Gasteiger partial charge is 0.438 e. The molecule has 0 aliphatic heterocycles. The average molecular weight is 516 g/mol. The molecule has 35 heavy (non-hydrogen) atoms. The van der Waals surface area contributed by atoms with Gasteiger partial charge in [0.05, 0.1) is 9.79 Å². The molecular formula is C25H25NO7S2. The molecule has 4 rings (SSSR count). The van der Waals surface area contributed by atoms with Gasteiger partial charge in [-0.3, -0.25) is 8.37 Å². The van der Waals surface area contributed by atoms with Crippen molar-refractivity contribution in [2.45, 2.75) is 49.7 Å². The second kappa shape index (κ2) is 10.3. The maximum absolute atomic E-state index is 12.6. The molecule has 0 atom stereocenters. The van der Waals surface area contributed by atoms with Crippen LogP contribution in [-0.2, 0) is 41.8 Å².